The Hall–Kier alpha value is -2.38. The lowest BCUT2D eigenvalue weighted by atomic mass is 10.2. The van der Waals surface area contributed by atoms with Gasteiger partial charge < -0.3 is 9.88 Å². The van der Waals surface area contributed by atoms with Gasteiger partial charge in [0.05, 0.1) is 5.75 Å². The summed E-state index contributed by atoms with van der Waals surface area (Å²) in [6.07, 6.45) is 0. The molecule has 0 bridgehead atoms. The summed E-state index contributed by atoms with van der Waals surface area (Å²) in [5.41, 5.74) is 1.40. The van der Waals surface area contributed by atoms with Gasteiger partial charge in [-0.05, 0) is 42.5 Å². The summed E-state index contributed by atoms with van der Waals surface area (Å²) in [5.74, 6) is 0.316. The van der Waals surface area contributed by atoms with E-state index in [4.69, 9.17) is 11.6 Å². The Labute approximate surface area is 153 Å². The lowest BCUT2D eigenvalue weighted by Crippen LogP contribution is -2.14. The number of thioether (sulfide) groups is 1. The molecule has 1 heterocycles. The standard InChI is InChI=1S/C17H14ClFN4OS/c1-23-16(11-5-7-13(19)8-6-11)21-22-17(23)25-10-15(24)20-14-4-2-3-12(18)9-14/h2-9H,10H2,1H3,(H,20,24). The Kier molecular flexibility index (Phi) is 5.35. The molecule has 0 radical (unpaired) electrons. The molecule has 0 saturated carbocycles. The molecule has 0 saturated heterocycles. The molecule has 1 aromatic heterocycles. The minimum absolute atomic E-state index is 0.168. The lowest BCUT2D eigenvalue weighted by Gasteiger charge is -2.06. The van der Waals surface area contributed by atoms with Crippen LogP contribution >= 0.6 is 23.4 Å². The third-order valence-electron chi connectivity index (χ3n) is 3.38. The number of aromatic nitrogens is 3. The summed E-state index contributed by atoms with van der Waals surface area (Å²) < 4.78 is 14.8. The fourth-order valence-electron chi connectivity index (χ4n) is 2.18. The first-order valence-corrected chi connectivity index (χ1v) is 8.73. The molecule has 3 rings (SSSR count). The van der Waals surface area contributed by atoms with E-state index in [1.165, 1.54) is 23.9 Å². The summed E-state index contributed by atoms with van der Waals surface area (Å²) in [6.45, 7) is 0. The summed E-state index contributed by atoms with van der Waals surface area (Å²) in [6, 6.07) is 13.0. The maximum absolute atomic E-state index is 13.0. The Morgan fingerprint density at radius 3 is 2.72 bits per heavy atom. The third-order valence-corrected chi connectivity index (χ3v) is 4.63. The van der Waals surface area contributed by atoms with Crippen molar-refractivity contribution >= 4 is 35.0 Å². The highest BCUT2D eigenvalue weighted by Crippen LogP contribution is 2.23. The first kappa shape index (κ1) is 17.4. The highest BCUT2D eigenvalue weighted by molar-refractivity contribution is 7.99. The van der Waals surface area contributed by atoms with Crippen LogP contribution in [0.2, 0.25) is 5.02 Å². The number of anilines is 1. The average molecular weight is 377 g/mol. The van der Waals surface area contributed by atoms with E-state index in [1.807, 2.05) is 0 Å². The zero-order valence-corrected chi connectivity index (χ0v) is 14.8. The maximum atomic E-state index is 13.0. The van der Waals surface area contributed by atoms with Gasteiger partial charge in [-0.15, -0.1) is 10.2 Å². The maximum Gasteiger partial charge on any atom is 0.234 e. The topological polar surface area (TPSA) is 59.8 Å². The molecule has 0 aliphatic carbocycles. The first-order chi connectivity index (χ1) is 12.0. The van der Waals surface area contributed by atoms with Crippen molar-refractivity contribution in [2.24, 2.45) is 7.05 Å². The number of nitrogens with one attached hydrogen (secondary N) is 1. The number of hydrogen-bond donors (Lipinski definition) is 1. The Balaban J connectivity index is 1.64. The normalized spacial score (nSPS) is 10.7. The number of amides is 1. The van der Waals surface area contributed by atoms with Crippen molar-refractivity contribution in [2.75, 3.05) is 11.1 Å². The predicted molar refractivity (Wildman–Crippen MR) is 97.2 cm³/mol. The molecule has 128 valence electrons. The molecule has 3 aromatic rings. The van der Waals surface area contributed by atoms with Crippen molar-refractivity contribution in [1.82, 2.24) is 14.8 Å². The van der Waals surface area contributed by atoms with Crippen molar-refractivity contribution in [3.05, 3.63) is 59.4 Å². The summed E-state index contributed by atoms with van der Waals surface area (Å²) in [7, 11) is 1.80. The fourth-order valence-corrected chi connectivity index (χ4v) is 3.09. The number of nitrogens with zero attached hydrogens (tertiary/aromatic N) is 3. The molecule has 25 heavy (non-hydrogen) atoms. The third kappa shape index (κ3) is 4.37. The lowest BCUT2D eigenvalue weighted by molar-refractivity contribution is -0.113. The van der Waals surface area contributed by atoms with E-state index in [9.17, 15) is 9.18 Å². The molecular formula is C17H14ClFN4OS. The molecule has 1 amide bonds. The summed E-state index contributed by atoms with van der Waals surface area (Å²) in [5, 5.41) is 12.1. The van der Waals surface area contributed by atoms with Crippen LogP contribution in [0, 0.1) is 5.82 Å². The highest BCUT2D eigenvalue weighted by Gasteiger charge is 2.13. The van der Waals surface area contributed by atoms with Gasteiger partial charge in [-0.1, -0.05) is 29.4 Å². The minimum Gasteiger partial charge on any atom is -0.325 e. The van der Waals surface area contributed by atoms with Crippen LogP contribution in [0.3, 0.4) is 0 Å². The van der Waals surface area contributed by atoms with E-state index in [0.717, 1.165) is 5.56 Å². The zero-order chi connectivity index (χ0) is 17.8. The van der Waals surface area contributed by atoms with Gasteiger partial charge in [0, 0.05) is 23.3 Å². The van der Waals surface area contributed by atoms with Crippen LogP contribution in [0.5, 0.6) is 0 Å². The molecule has 0 aliphatic heterocycles. The van der Waals surface area contributed by atoms with E-state index in [2.05, 4.69) is 15.5 Å². The Bertz CT molecular complexity index is 898. The van der Waals surface area contributed by atoms with E-state index in [0.29, 0.717) is 21.7 Å². The molecule has 1 N–H and O–H groups in total. The molecule has 2 aromatic carbocycles. The Morgan fingerprint density at radius 1 is 1.24 bits per heavy atom. The molecular weight excluding hydrogens is 363 g/mol. The van der Waals surface area contributed by atoms with E-state index in [1.54, 1.807) is 48.0 Å². The predicted octanol–water partition coefficient (Wildman–Crippen LogP) is 4.01. The number of benzene rings is 2. The van der Waals surface area contributed by atoms with Crippen LogP contribution in [0.15, 0.2) is 53.7 Å². The van der Waals surface area contributed by atoms with Gasteiger partial charge in [0.25, 0.3) is 0 Å². The van der Waals surface area contributed by atoms with Gasteiger partial charge in [0.15, 0.2) is 11.0 Å². The second kappa shape index (κ2) is 7.67. The van der Waals surface area contributed by atoms with Crippen LogP contribution in [0.4, 0.5) is 10.1 Å². The Morgan fingerprint density at radius 2 is 2.00 bits per heavy atom. The second-order valence-electron chi connectivity index (χ2n) is 5.22. The van der Waals surface area contributed by atoms with Crippen molar-refractivity contribution < 1.29 is 9.18 Å². The van der Waals surface area contributed by atoms with Gasteiger partial charge >= 0.3 is 0 Å². The van der Waals surface area contributed by atoms with Crippen molar-refractivity contribution in [3.8, 4) is 11.4 Å². The summed E-state index contributed by atoms with van der Waals surface area (Å²) in [4.78, 5) is 12.0. The van der Waals surface area contributed by atoms with E-state index in [-0.39, 0.29) is 17.5 Å². The van der Waals surface area contributed by atoms with Crippen LogP contribution in [-0.4, -0.2) is 26.4 Å². The summed E-state index contributed by atoms with van der Waals surface area (Å²) >= 11 is 7.16. The van der Waals surface area contributed by atoms with Gasteiger partial charge in [-0.25, -0.2) is 4.39 Å². The van der Waals surface area contributed by atoms with Gasteiger partial charge in [-0.2, -0.15) is 0 Å². The molecule has 0 unspecified atom stereocenters. The zero-order valence-electron chi connectivity index (χ0n) is 13.2. The molecule has 5 nitrogen and oxygen atoms in total. The van der Waals surface area contributed by atoms with Gasteiger partial charge in [0.1, 0.15) is 5.82 Å². The van der Waals surface area contributed by atoms with Crippen molar-refractivity contribution in [1.29, 1.82) is 0 Å². The van der Waals surface area contributed by atoms with Crippen LogP contribution < -0.4 is 5.32 Å². The average Bonchev–Trinajstić information content (AvgIpc) is 2.94. The molecule has 0 fully saturated rings. The van der Waals surface area contributed by atoms with Gasteiger partial charge in [-0.3, -0.25) is 4.79 Å². The fraction of sp³-hybridized carbons (Fsp3) is 0.118. The smallest absolute Gasteiger partial charge is 0.234 e. The largest absolute Gasteiger partial charge is 0.325 e. The first-order valence-electron chi connectivity index (χ1n) is 7.36. The van der Waals surface area contributed by atoms with Crippen molar-refractivity contribution in [3.63, 3.8) is 0 Å². The van der Waals surface area contributed by atoms with Crippen LogP contribution in [0.1, 0.15) is 0 Å². The number of hydrogen-bond acceptors (Lipinski definition) is 4. The van der Waals surface area contributed by atoms with Crippen LogP contribution in [-0.2, 0) is 11.8 Å². The molecule has 0 atom stereocenters. The monoisotopic (exact) mass is 376 g/mol. The second-order valence-corrected chi connectivity index (χ2v) is 6.60. The molecule has 0 spiro atoms. The number of carbonyl (C=O) groups excluding carboxylic acids is 1. The molecule has 0 aliphatic rings. The molecule has 8 heteroatoms. The van der Waals surface area contributed by atoms with Crippen molar-refractivity contribution in [2.45, 2.75) is 5.16 Å². The number of carbonyl (C=O) groups is 1. The number of halogens is 2. The SMILES string of the molecule is Cn1c(SCC(=O)Nc2cccc(Cl)c2)nnc1-c1ccc(F)cc1. The van der Waals surface area contributed by atoms with E-state index < -0.39 is 0 Å². The minimum atomic E-state index is -0.307. The number of rotatable bonds is 5. The highest BCUT2D eigenvalue weighted by atomic mass is 35.5. The van der Waals surface area contributed by atoms with Crippen LogP contribution in [0.25, 0.3) is 11.4 Å². The van der Waals surface area contributed by atoms with E-state index >= 15 is 0 Å². The quantitative estimate of drug-likeness (QED) is 0.683. The van der Waals surface area contributed by atoms with Gasteiger partial charge in [0.2, 0.25) is 5.91 Å².